The Kier molecular flexibility index (Phi) is 5.67. The van der Waals surface area contributed by atoms with Crippen molar-refractivity contribution in [1.29, 1.82) is 0 Å². The van der Waals surface area contributed by atoms with Crippen molar-refractivity contribution < 1.29 is 8.95 Å². The molecule has 0 aromatic heterocycles. The van der Waals surface area contributed by atoms with Gasteiger partial charge < -0.3 is 10.5 Å². The fourth-order valence-corrected chi connectivity index (χ4v) is 3.11. The van der Waals surface area contributed by atoms with Gasteiger partial charge in [0.05, 0.1) is 6.61 Å². The number of methoxy groups -OCH3 is 1. The van der Waals surface area contributed by atoms with Gasteiger partial charge in [0.2, 0.25) is 0 Å². The van der Waals surface area contributed by atoms with Crippen LogP contribution in [0.5, 0.6) is 0 Å². The van der Waals surface area contributed by atoms with Crippen molar-refractivity contribution in [1.82, 2.24) is 0 Å². The molecule has 0 aliphatic heterocycles. The van der Waals surface area contributed by atoms with Crippen molar-refractivity contribution in [2.45, 2.75) is 31.7 Å². The average molecular weight is 219 g/mol. The molecule has 2 N–H and O–H groups in total. The molecule has 1 rings (SSSR count). The van der Waals surface area contributed by atoms with E-state index in [1.54, 1.807) is 7.11 Å². The third kappa shape index (κ3) is 4.07. The number of nitrogens with two attached hydrogens (primary N) is 1. The van der Waals surface area contributed by atoms with Gasteiger partial charge in [0.25, 0.3) is 0 Å². The summed E-state index contributed by atoms with van der Waals surface area (Å²) in [5.41, 5.74) is 5.94. The molecule has 0 radical (unpaired) electrons. The van der Waals surface area contributed by atoms with E-state index in [0.717, 1.165) is 18.6 Å². The summed E-state index contributed by atoms with van der Waals surface area (Å²) in [6.45, 7) is 0.601. The van der Waals surface area contributed by atoms with Crippen molar-refractivity contribution >= 4 is 10.8 Å². The predicted octanol–water partition coefficient (Wildman–Crippen LogP) is 0.899. The Balaban J connectivity index is 2.10. The SMILES string of the molecule is COCCS(=O)CCC1CCCC1N. The first kappa shape index (κ1) is 12.1. The lowest BCUT2D eigenvalue weighted by molar-refractivity contribution is 0.218. The highest BCUT2D eigenvalue weighted by molar-refractivity contribution is 7.84. The Bertz CT molecular complexity index is 187. The number of rotatable bonds is 6. The van der Waals surface area contributed by atoms with Crippen molar-refractivity contribution in [2.75, 3.05) is 25.2 Å². The van der Waals surface area contributed by atoms with Crippen LogP contribution in [0, 0.1) is 5.92 Å². The minimum Gasteiger partial charge on any atom is -0.384 e. The summed E-state index contributed by atoms with van der Waals surface area (Å²) in [6.07, 6.45) is 4.64. The van der Waals surface area contributed by atoms with Crippen LogP contribution in [-0.4, -0.2) is 35.5 Å². The second-order valence-corrected chi connectivity index (χ2v) is 5.68. The van der Waals surface area contributed by atoms with Gasteiger partial charge in [0, 0.05) is 35.5 Å². The summed E-state index contributed by atoms with van der Waals surface area (Å²) in [5.74, 6) is 2.07. The fourth-order valence-electron chi connectivity index (χ4n) is 1.99. The highest BCUT2D eigenvalue weighted by atomic mass is 32.2. The smallest absolute Gasteiger partial charge is 0.0577 e. The van der Waals surface area contributed by atoms with Crippen molar-refractivity contribution in [3.63, 3.8) is 0 Å². The van der Waals surface area contributed by atoms with Crippen LogP contribution in [0.25, 0.3) is 0 Å². The van der Waals surface area contributed by atoms with E-state index in [-0.39, 0.29) is 0 Å². The molecule has 14 heavy (non-hydrogen) atoms. The molecule has 1 aliphatic carbocycles. The molecule has 1 saturated carbocycles. The van der Waals surface area contributed by atoms with Gasteiger partial charge in [-0.2, -0.15) is 0 Å². The van der Waals surface area contributed by atoms with Gasteiger partial charge in [0.1, 0.15) is 0 Å². The van der Waals surface area contributed by atoms with E-state index >= 15 is 0 Å². The van der Waals surface area contributed by atoms with Gasteiger partial charge >= 0.3 is 0 Å². The quantitative estimate of drug-likeness (QED) is 0.722. The van der Waals surface area contributed by atoms with Crippen molar-refractivity contribution in [2.24, 2.45) is 11.7 Å². The lowest BCUT2D eigenvalue weighted by Gasteiger charge is -2.14. The largest absolute Gasteiger partial charge is 0.384 e. The predicted molar refractivity (Wildman–Crippen MR) is 59.7 cm³/mol. The van der Waals surface area contributed by atoms with Crippen LogP contribution >= 0.6 is 0 Å². The molecular weight excluding hydrogens is 198 g/mol. The van der Waals surface area contributed by atoms with Crippen LogP contribution in [0.1, 0.15) is 25.7 Å². The maximum absolute atomic E-state index is 11.5. The molecule has 4 heteroatoms. The lowest BCUT2D eigenvalue weighted by Crippen LogP contribution is -2.25. The van der Waals surface area contributed by atoms with Crippen LogP contribution in [0.3, 0.4) is 0 Å². The first-order chi connectivity index (χ1) is 6.74. The molecule has 0 aromatic rings. The van der Waals surface area contributed by atoms with E-state index < -0.39 is 10.8 Å². The van der Waals surface area contributed by atoms with Gasteiger partial charge in [-0.05, 0) is 25.2 Å². The number of ether oxygens (including phenoxy) is 1. The van der Waals surface area contributed by atoms with Crippen LogP contribution in [0.15, 0.2) is 0 Å². The van der Waals surface area contributed by atoms with E-state index in [2.05, 4.69) is 0 Å². The Morgan fingerprint density at radius 2 is 2.21 bits per heavy atom. The van der Waals surface area contributed by atoms with Gasteiger partial charge in [-0.25, -0.2) is 0 Å². The monoisotopic (exact) mass is 219 g/mol. The topological polar surface area (TPSA) is 52.3 Å². The normalized spacial score (nSPS) is 29.3. The zero-order valence-electron chi connectivity index (χ0n) is 8.91. The summed E-state index contributed by atoms with van der Waals surface area (Å²) in [6, 6.07) is 0.356. The van der Waals surface area contributed by atoms with E-state index in [1.807, 2.05) is 0 Å². The maximum atomic E-state index is 11.5. The summed E-state index contributed by atoms with van der Waals surface area (Å²) < 4.78 is 16.3. The van der Waals surface area contributed by atoms with E-state index in [4.69, 9.17) is 10.5 Å². The Morgan fingerprint density at radius 1 is 1.43 bits per heavy atom. The van der Waals surface area contributed by atoms with Crippen LogP contribution < -0.4 is 5.73 Å². The van der Waals surface area contributed by atoms with Crippen LogP contribution in [0.2, 0.25) is 0 Å². The Morgan fingerprint density at radius 3 is 2.79 bits per heavy atom. The zero-order valence-corrected chi connectivity index (χ0v) is 9.72. The fraction of sp³-hybridized carbons (Fsp3) is 1.00. The summed E-state index contributed by atoms with van der Waals surface area (Å²) in [5, 5.41) is 0. The first-order valence-electron chi connectivity index (χ1n) is 5.33. The maximum Gasteiger partial charge on any atom is 0.0577 e. The van der Waals surface area contributed by atoms with Crippen molar-refractivity contribution in [3.8, 4) is 0 Å². The van der Waals surface area contributed by atoms with E-state index in [9.17, 15) is 4.21 Å². The third-order valence-electron chi connectivity index (χ3n) is 2.95. The molecule has 0 amide bonds. The lowest BCUT2D eigenvalue weighted by atomic mass is 10.0. The standard InChI is InChI=1S/C10H21NO2S/c1-13-6-8-14(12)7-5-9-3-2-4-10(9)11/h9-10H,2-8,11H2,1H3. The number of hydrogen-bond acceptors (Lipinski definition) is 3. The van der Waals surface area contributed by atoms with Crippen LogP contribution in [-0.2, 0) is 15.5 Å². The van der Waals surface area contributed by atoms with Crippen LogP contribution in [0.4, 0.5) is 0 Å². The molecule has 0 spiro atoms. The van der Waals surface area contributed by atoms with Crippen molar-refractivity contribution in [3.05, 3.63) is 0 Å². The molecule has 0 heterocycles. The summed E-state index contributed by atoms with van der Waals surface area (Å²) in [7, 11) is 0.932. The molecule has 84 valence electrons. The molecule has 0 bridgehead atoms. The molecular formula is C10H21NO2S. The Hall–Kier alpha value is 0.0700. The average Bonchev–Trinajstić information content (AvgIpc) is 2.58. The van der Waals surface area contributed by atoms with Gasteiger partial charge in [-0.15, -0.1) is 0 Å². The molecule has 1 fully saturated rings. The molecule has 3 nitrogen and oxygen atoms in total. The third-order valence-corrected chi connectivity index (χ3v) is 4.26. The zero-order chi connectivity index (χ0) is 10.4. The van der Waals surface area contributed by atoms with Gasteiger partial charge in [-0.3, -0.25) is 4.21 Å². The molecule has 3 unspecified atom stereocenters. The van der Waals surface area contributed by atoms with Gasteiger partial charge in [-0.1, -0.05) is 6.42 Å². The highest BCUT2D eigenvalue weighted by Gasteiger charge is 2.23. The summed E-state index contributed by atoms with van der Waals surface area (Å²) in [4.78, 5) is 0. The van der Waals surface area contributed by atoms with Gasteiger partial charge in [0.15, 0.2) is 0 Å². The van der Waals surface area contributed by atoms with E-state index in [1.165, 1.54) is 12.8 Å². The van der Waals surface area contributed by atoms with E-state index in [0.29, 0.717) is 24.3 Å². The Labute approximate surface area is 88.8 Å². The summed E-state index contributed by atoms with van der Waals surface area (Å²) >= 11 is 0. The number of hydrogen-bond donors (Lipinski definition) is 1. The highest BCUT2D eigenvalue weighted by Crippen LogP contribution is 2.26. The molecule has 0 saturated heterocycles. The second kappa shape index (κ2) is 6.53. The molecule has 1 aliphatic rings. The minimum absolute atomic E-state index is 0.356. The second-order valence-electron chi connectivity index (χ2n) is 3.98. The first-order valence-corrected chi connectivity index (χ1v) is 6.82. The molecule has 3 atom stereocenters. The molecule has 0 aromatic carbocycles. The minimum atomic E-state index is -0.711.